The van der Waals surface area contributed by atoms with E-state index in [2.05, 4.69) is 20.1 Å². The van der Waals surface area contributed by atoms with Crippen LogP contribution in [0.15, 0.2) is 0 Å². The summed E-state index contributed by atoms with van der Waals surface area (Å²) in [7, 11) is 0. The van der Waals surface area contributed by atoms with E-state index in [1.807, 2.05) is 0 Å². The van der Waals surface area contributed by atoms with Gasteiger partial charge in [-0.05, 0) is 18.1 Å². The van der Waals surface area contributed by atoms with Crippen molar-refractivity contribution in [3.8, 4) is 0 Å². The summed E-state index contributed by atoms with van der Waals surface area (Å²) in [5.74, 6) is -2.27. The molecule has 1 aliphatic rings. The van der Waals surface area contributed by atoms with E-state index in [0.717, 1.165) is 18.0 Å². The van der Waals surface area contributed by atoms with Gasteiger partial charge in [0.15, 0.2) is 0 Å². The topological polar surface area (TPSA) is 105 Å². The molecule has 1 amide bonds. The summed E-state index contributed by atoms with van der Waals surface area (Å²) in [5.41, 5.74) is 0. The van der Waals surface area contributed by atoms with Crippen molar-refractivity contribution in [2.24, 2.45) is 11.8 Å². The van der Waals surface area contributed by atoms with Crippen molar-refractivity contribution in [2.45, 2.75) is 19.3 Å². The first-order valence-electron chi connectivity index (χ1n) is 4.87. The molecule has 1 fully saturated rings. The number of rotatable bonds is 3. The van der Waals surface area contributed by atoms with E-state index >= 15 is 0 Å². The second-order valence-electron chi connectivity index (χ2n) is 3.64. The van der Waals surface area contributed by atoms with E-state index in [9.17, 15) is 9.59 Å². The number of carboxylic acid groups (broad SMARTS) is 1. The fraction of sp³-hybridized carbons (Fsp3) is 0.625. The monoisotopic (exact) mass is 242 g/mol. The minimum Gasteiger partial charge on any atom is -0.481 e. The highest BCUT2D eigenvalue weighted by Gasteiger charge is 2.37. The average molecular weight is 242 g/mol. The fourth-order valence-corrected chi connectivity index (χ4v) is 2.32. The number of hydrogen-bond donors (Lipinski definition) is 2. The molecule has 16 heavy (non-hydrogen) atoms. The summed E-state index contributed by atoms with van der Waals surface area (Å²) in [6.07, 6.45) is 1.93. The van der Waals surface area contributed by atoms with Crippen molar-refractivity contribution in [3.63, 3.8) is 0 Å². The smallest absolute Gasteiger partial charge is 0.307 e. The van der Waals surface area contributed by atoms with Gasteiger partial charge in [-0.25, -0.2) is 0 Å². The van der Waals surface area contributed by atoms with E-state index in [4.69, 9.17) is 5.11 Å². The Morgan fingerprint density at radius 1 is 1.38 bits per heavy atom. The molecule has 1 aromatic rings. The maximum absolute atomic E-state index is 11.8. The highest BCUT2D eigenvalue weighted by atomic mass is 32.1. The van der Waals surface area contributed by atoms with Gasteiger partial charge < -0.3 is 5.11 Å². The zero-order chi connectivity index (χ0) is 11.5. The molecule has 0 bridgehead atoms. The van der Waals surface area contributed by atoms with Crippen LogP contribution in [0.4, 0.5) is 5.13 Å². The van der Waals surface area contributed by atoms with Gasteiger partial charge in [0.25, 0.3) is 0 Å². The maximum Gasteiger partial charge on any atom is 0.307 e. The van der Waals surface area contributed by atoms with Gasteiger partial charge in [-0.1, -0.05) is 16.0 Å². The highest BCUT2D eigenvalue weighted by Crippen LogP contribution is 2.32. The number of aromatic nitrogens is 3. The molecule has 2 N–H and O–H groups in total. The third-order valence-electron chi connectivity index (χ3n) is 2.70. The molecule has 1 aliphatic carbocycles. The van der Waals surface area contributed by atoms with Crippen molar-refractivity contribution in [1.29, 1.82) is 0 Å². The van der Waals surface area contributed by atoms with Gasteiger partial charge in [-0.2, -0.15) is 0 Å². The average Bonchev–Trinajstić information content (AvgIpc) is 2.86. The van der Waals surface area contributed by atoms with Gasteiger partial charge in [0.2, 0.25) is 11.0 Å². The summed E-state index contributed by atoms with van der Waals surface area (Å²) in [6, 6.07) is 0. The lowest BCUT2D eigenvalue weighted by Crippen LogP contribution is -2.29. The number of hydrogen-bond acceptors (Lipinski definition) is 6. The number of nitrogens with zero attached hydrogens (tertiary/aromatic N) is 3. The Hall–Kier alpha value is -1.57. The Bertz CT molecular complexity index is 394. The summed E-state index contributed by atoms with van der Waals surface area (Å²) in [5, 5.41) is 18.7. The fourth-order valence-electron chi connectivity index (χ4n) is 1.95. The molecule has 1 heterocycles. The Kier molecular flexibility index (Phi) is 3.09. The summed E-state index contributed by atoms with van der Waals surface area (Å²) in [6.45, 7) is 0. The molecule has 2 atom stereocenters. The molecular formula is C8H10N4O3S. The zero-order valence-electron chi connectivity index (χ0n) is 8.29. The van der Waals surface area contributed by atoms with Crippen molar-refractivity contribution in [1.82, 2.24) is 14.8 Å². The predicted octanol–water partition coefficient (Wildman–Crippen LogP) is 0.372. The van der Waals surface area contributed by atoms with Gasteiger partial charge in [-0.15, -0.1) is 0 Å². The second-order valence-corrected chi connectivity index (χ2v) is 4.37. The molecule has 8 heteroatoms. The Morgan fingerprint density at radius 3 is 2.75 bits per heavy atom. The normalized spacial score (nSPS) is 24.2. The van der Waals surface area contributed by atoms with Crippen LogP contribution in [0.5, 0.6) is 0 Å². The lowest BCUT2D eigenvalue weighted by molar-refractivity contribution is -0.145. The van der Waals surface area contributed by atoms with E-state index in [-0.39, 0.29) is 5.91 Å². The second kappa shape index (κ2) is 4.52. The molecule has 0 saturated heterocycles. The minimum atomic E-state index is -0.909. The third kappa shape index (κ3) is 2.16. The molecular weight excluding hydrogens is 232 g/mol. The van der Waals surface area contributed by atoms with Crippen LogP contribution >= 0.6 is 11.5 Å². The van der Waals surface area contributed by atoms with Gasteiger partial charge in [0, 0.05) is 11.5 Å². The first kappa shape index (κ1) is 10.9. The highest BCUT2D eigenvalue weighted by molar-refractivity contribution is 7.09. The molecule has 0 aliphatic heterocycles. The number of aliphatic carboxylic acids is 1. The van der Waals surface area contributed by atoms with Crippen LogP contribution in [0.3, 0.4) is 0 Å². The molecule has 2 unspecified atom stereocenters. The molecule has 2 rings (SSSR count). The number of carbonyl (C=O) groups is 2. The Morgan fingerprint density at radius 2 is 2.12 bits per heavy atom. The summed E-state index contributed by atoms with van der Waals surface area (Å²) in [4.78, 5) is 22.7. The lowest BCUT2D eigenvalue weighted by atomic mass is 9.95. The predicted molar refractivity (Wildman–Crippen MR) is 54.8 cm³/mol. The number of carboxylic acids is 1. The van der Waals surface area contributed by atoms with Crippen LogP contribution in [0.25, 0.3) is 0 Å². The number of carbonyl (C=O) groups excluding carboxylic acids is 1. The van der Waals surface area contributed by atoms with E-state index < -0.39 is 17.8 Å². The largest absolute Gasteiger partial charge is 0.481 e. The van der Waals surface area contributed by atoms with Crippen LogP contribution in [-0.2, 0) is 9.59 Å². The number of amides is 1. The van der Waals surface area contributed by atoms with Gasteiger partial charge in [-0.3, -0.25) is 14.9 Å². The molecule has 86 valence electrons. The summed E-state index contributed by atoms with van der Waals surface area (Å²) >= 11 is 0.968. The standard InChI is InChI=1S/C8H10N4O3S/c13-6(9-8-10-11-12-16-8)4-2-1-3-5(4)7(14)15/h4-5H,1-3H2,(H,14,15)(H,9,10,12,13). The SMILES string of the molecule is O=C(O)C1CCCC1C(=O)Nc1nnns1. The van der Waals surface area contributed by atoms with Crippen molar-refractivity contribution in [3.05, 3.63) is 0 Å². The number of nitrogens with one attached hydrogen (secondary N) is 1. The lowest BCUT2D eigenvalue weighted by Gasteiger charge is -2.13. The summed E-state index contributed by atoms with van der Waals surface area (Å²) < 4.78 is 3.51. The minimum absolute atomic E-state index is 0.302. The van der Waals surface area contributed by atoms with Crippen molar-refractivity contribution >= 4 is 28.5 Å². The van der Waals surface area contributed by atoms with E-state index in [0.29, 0.717) is 18.0 Å². The molecule has 0 radical (unpaired) electrons. The van der Waals surface area contributed by atoms with Crippen molar-refractivity contribution in [2.75, 3.05) is 5.32 Å². The van der Waals surface area contributed by atoms with Crippen LogP contribution in [0.2, 0.25) is 0 Å². The quantitative estimate of drug-likeness (QED) is 0.793. The van der Waals surface area contributed by atoms with Gasteiger partial charge in [0.1, 0.15) is 0 Å². The third-order valence-corrected chi connectivity index (χ3v) is 3.21. The van der Waals surface area contributed by atoms with E-state index in [1.54, 1.807) is 0 Å². The van der Waals surface area contributed by atoms with E-state index in [1.165, 1.54) is 0 Å². The maximum atomic E-state index is 11.8. The first-order valence-corrected chi connectivity index (χ1v) is 5.64. The Labute approximate surface area is 95.0 Å². The van der Waals surface area contributed by atoms with Crippen molar-refractivity contribution < 1.29 is 14.7 Å². The molecule has 1 aromatic heterocycles. The van der Waals surface area contributed by atoms with Gasteiger partial charge in [0.05, 0.1) is 11.8 Å². The molecule has 0 spiro atoms. The molecule has 0 aromatic carbocycles. The van der Waals surface area contributed by atoms with Crippen LogP contribution in [0, 0.1) is 11.8 Å². The first-order chi connectivity index (χ1) is 7.68. The Balaban J connectivity index is 2.01. The number of anilines is 1. The van der Waals surface area contributed by atoms with Crippen LogP contribution in [0.1, 0.15) is 19.3 Å². The van der Waals surface area contributed by atoms with Crippen LogP contribution in [-0.4, -0.2) is 31.8 Å². The van der Waals surface area contributed by atoms with Gasteiger partial charge >= 0.3 is 5.97 Å². The molecule has 1 saturated carbocycles. The zero-order valence-corrected chi connectivity index (χ0v) is 9.11. The van der Waals surface area contributed by atoms with Crippen LogP contribution < -0.4 is 5.32 Å². The molecule has 7 nitrogen and oxygen atoms in total.